The molecule has 0 unspecified atom stereocenters. The largest absolute Gasteiger partial charge is 0.475 e. The molecule has 0 radical (unpaired) electrons. The van der Waals surface area contributed by atoms with Gasteiger partial charge in [0.1, 0.15) is 6.61 Å². The van der Waals surface area contributed by atoms with Gasteiger partial charge >= 0.3 is 0 Å². The van der Waals surface area contributed by atoms with Crippen molar-refractivity contribution in [3.63, 3.8) is 0 Å². The minimum Gasteiger partial charge on any atom is -0.475 e. The number of ether oxygens (including phenoxy) is 1. The average Bonchev–Trinajstić information content (AvgIpc) is 2.76. The van der Waals surface area contributed by atoms with E-state index in [-0.39, 0.29) is 11.5 Å². The lowest BCUT2D eigenvalue weighted by molar-refractivity contribution is 0.236. The Balaban J connectivity index is 2.40. The summed E-state index contributed by atoms with van der Waals surface area (Å²) >= 11 is 0. The van der Waals surface area contributed by atoms with E-state index in [4.69, 9.17) is 9.73 Å². The topological polar surface area (TPSA) is 21.6 Å². The van der Waals surface area contributed by atoms with Crippen molar-refractivity contribution in [2.45, 2.75) is 46.5 Å². The van der Waals surface area contributed by atoms with Gasteiger partial charge in [0.25, 0.3) is 0 Å². The van der Waals surface area contributed by atoms with Gasteiger partial charge in [-0.2, -0.15) is 0 Å². The maximum atomic E-state index is 5.89. The molecule has 0 saturated heterocycles. The number of hydrogen-bond acceptors (Lipinski definition) is 2. The van der Waals surface area contributed by atoms with E-state index in [1.54, 1.807) is 0 Å². The molecular weight excluding hydrogens is 250 g/mol. The van der Waals surface area contributed by atoms with E-state index in [0.29, 0.717) is 6.61 Å². The third-order valence-electron chi connectivity index (χ3n) is 3.62. The van der Waals surface area contributed by atoms with Crippen LogP contribution < -0.4 is 5.19 Å². The van der Waals surface area contributed by atoms with E-state index in [1.165, 1.54) is 10.8 Å². The van der Waals surface area contributed by atoms with Crippen LogP contribution in [0.2, 0.25) is 19.6 Å². The van der Waals surface area contributed by atoms with Crippen LogP contribution in [0.15, 0.2) is 29.3 Å². The number of benzene rings is 1. The fourth-order valence-electron chi connectivity index (χ4n) is 2.29. The van der Waals surface area contributed by atoms with E-state index in [0.717, 1.165) is 5.90 Å². The van der Waals surface area contributed by atoms with Crippen LogP contribution in [0, 0.1) is 5.41 Å². The molecule has 0 spiro atoms. The smallest absolute Gasteiger partial charge is 0.216 e. The number of nitrogens with zero attached hydrogens (tertiary/aromatic N) is 1. The Kier molecular flexibility index (Phi) is 3.60. The molecule has 0 N–H and O–H groups in total. The first-order valence-electron chi connectivity index (χ1n) is 7.00. The lowest BCUT2D eigenvalue weighted by atomic mass is 9.88. The summed E-state index contributed by atoms with van der Waals surface area (Å²) in [6.07, 6.45) is 0. The van der Waals surface area contributed by atoms with Gasteiger partial charge in [0.05, 0.1) is 14.1 Å². The van der Waals surface area contributed by atoms with Gasteiger partial charge in [-0.1, -0.05) is 58.6 Å². The highest BCUT2D eigenvalue weighted by Gasteiger charge is 2.32. The first kappa shape index (κ1) is 14.3. The lowest BCUT2D eigenvalue weighted by Gasteiger charge is -2.22. The summed E-state index contributed by atoms with van der Waals surface area (Å²) in [6, 6.07) is 8.84. The minimum atomic E-state index is -1.37. The average molecular weight is 275 g/mol. The summed E-state index contributed by atoms with van der Waals surface area (Å²) in [5.74, 6) is 0.845. The SMILES string of the molecule is CC(C)(C)[C@H]1COC(c2ccccc2[Si](C)(C)C)=N1. The summed E-state index contributed by atoms with van der Waals surface area (Å²) in [5.41, 5.74) is 1.36. The summed E-state index contributed by atoms with van der Waals surface area (Å²) in [7, 11) is -1.37. The number of rotatable bonds is 2. The Morgan fingerprint density at radius 3 is 2.32 bits per heavy atom. The quantitative estimate of drug-likeness (QED) is 0.758. The molecule has 3 heteroatoms. The van der Waals surface area contributed by atoms with Crippen molar-refractivity contribution in [2.75, 3.05) is 6.61 Å². The second-order valence-electron chi connectivity index (χ2n) is 7.42. The molecule has 1 aromatic carbocycles. The molecule has 0 saturated carbocycles. The molecule has 0 bridgehead atoms. The first-order chi connectivity index (χ1) is 8.69. The first-order valence-corrected chi connectivity index (χ1v) is 10.5. The molecule has 19 heavy (non-hydrogen) atoms. The fraction of sp³-hybridized carbons (Fsp3) is 0.562. The molecular formula is C16H25NOSi. The van der Waals surface area contributed by atoms with Crippen LogP contribution in [0.1, 0.15) is 26.3 Å². The fourth-order valence-corrected chi connectivity index (χ4v) is 3.88. The van der Waals surface area contributed by atoms with E-state index in [2.05, 4.69) is 64.7 Å². The normalized spacial score (nSPS) is 20.1. The van der Waals surface area contributed by atoms with Crippen molar-refractivity contribution in [3.8, 4) is 0 Å². The van der Waals surface area contributed by atoms with Gasteiger partial charge in [-0.15, -0.1) is 0 Å². The molecule has 1 atom stereocenters. The van der Waals surface area contributed by atoms with E-state index < -0.39 is 8.07 Å². The molecule has 0 aliphatic carbocycles. The highest BCUT2D eigenvalue weighted by molar-refractivity contribution is 6.89. The Labute approximate surface area is 117 Å². The summed E-state index contributed by atoms with van der Waals surface area (Å²) in [6.45, 7) is 14.5. The van der Waals surface area contributed by atoms with Crippen LogP contribution in [0.25, 0.3) is 0 Å². The van der Waals surface area contributed by atoms with E-state index in [1.807, 2.05) is 0 Å². The predicted molar refractivity (Wildman–Crippen MR) is 85.2 cm³/mol. The molecule has 2 rings (SSSR count). The standard InChI is InChI=1S/C16H25NOSi/c1-16(2,3)14-11-18-15(17-14)12-9-7-8-10-13(12)19(4,5)6/h7-10,14H,11H2,1-6H3/t14-/m1/s1. The summed E-state index contributed by atoms with van der Waals surface area (Å²) in [5, 5.41) is 1.43. The van der Waals surface area contributed by atoms with Gasteiger partial charge in [0, 0.05) is 5.56 Å². The van der Waals surface area contributed by atoms with Crippen molar-refractivity contribution in [1.82, 2.24) is 0 Å². The molecule has 0 fully saturated rings. The van der Waals surface area contributed by atoms with Gasteiger partial charge < -0.3 is 4.74 Å². The molecule has 1 heterocycles. The zero-order chi connectivity index (χ0) is 14.3. The van der Waals surface area contributed by atoms with Gasteiger partial charge in [0.2, 0.25) is 5.90 Å². The highest BCUT2D eigenvalue weighted by atomic mass is 28.3. The molecule has 1 aliphatic rings. The Morgan fingerprint density at radius 1 is 1.16 bits per heavy atom. The van der Waals surface area contributed by atoms with Crippen LogP contribution in [-0.4, -0.2) is 26.6 Å². The summed E-state index contributed by atoms with van der Waals surface area (Å²) < 4.78 is 5.89. The summed E-state index contributed by atoms with van der Waals surface area (Å²) in [4.78, 5) is 4.82. The maximum absolute atomic E-state index is 5.89. The van der Waals surface area contributed by atoms with Crippen LogP contribution in [0.4, 0.5) is 0 Å². The van der Waals surface area contributed by atoms with Gasteiger partial charge in [-0.25, -0.2) is 4.99 Å². The van der Waals surface area contributed by atoms with Gasteiger partial charge in [-0.05, 0) is 16.7 Å². The monoisotopic (exact) mass is 275 g/mol. The highest BCUT2D eigenvalue weighted by Crippen LogP contribution is 2.27. The van der Waals surface area contributed by atoms with Crippen molar-refractivity contribution < 1.29 is 4.74 Å². The Morgan fingerprint density at radius 2 is 1.79 bits per heavy atom. The number of aliphatic imine (C=N–C) groups is 1. The van der Waals surface area contributed by atoms with Crippen molar-refractivity contribution in [3.05, 3.63) is 29.8 Å². The zero-order valence-electron chi connectivity index (χ0n) is 12.9. The Hall–Kier alpha value is -1.09. The maximum Gasteiger partial charge on any atom is 0.216 e. The molecule has 1 aliphatic heterocycles. The molecule has 1 aromatic rings. The Bertz CT molecular complexity index is 494. The van der Waals surface area contributed by atoms with Crippen molar-refractivity contribution >= 4 is 19.2 Å². The second-order valence-corrected chi connectivity index (χ2v) is 12.5. The number of hydrogen-bond donors (Lipinski definition) is 0. The minimum absolute atomic E-state index is 0.163. The lowest BCUT2D eigenvalue weighted by Crippen LogP contribution is -2.41. The molecule has 2 nitrogen and oxygen atoms in total. The van der Waals surface area contributed by atoms with Gasteiger partial charge in [0.15, 0.2) is 0 Å². The molecule has 0 aromatic heterocycles. The van der Waals surface area contributed by atoms with Gasteiger partial charge in [-0.3, -0.25) is 0 Å². The third kappa shape index (κ3) is 3.08. The van der Waals surface area contributed by atoms with E-state index >= 15 is 0 Å². The van der Waals surface area contributed by atoms with Crippen molar-refractivity contribution in [1.29, 1.82) is 0 Å². The van der Waals surface area contributed by atoms with E-state index in [9.17, 15) is 0 Å². The second kappa shape index (κ2) is 4.78. The van der Waals surface area contributed by atoms with Crippen molar-refractivity contribution in [2.24, 2.45) is 10.4 Å². The van der Waals surface area contributed by atoms with Crippen LogP contribution in [-0.2, 0) is 4.74 Å². The van der Waals surface area contributed by atoms with Crippen LogP contribution in [0.5, 0.6) is 0 Å². The molecule has 0 amide bonds. The third-order valence-corrected chi connectivity index (χ3v) is 5.67. The zero-order valence-corrected chi connectivity index (χ0v) is 13.9. The predicted octanol–water partition coefficient (Wildman–Crippen LogP) is 3.42. The van der Waals surface area contributed by atoms with Crippen LogP contribution in [0.3, 0.4) is 0 Å². The van der Waals surface area contributed by atoms with Crippen LogP contribution >= 0.6 is 0 Å². The molecule has 104 valence electrons.